The molecule has 2 aromatic carbocycles. The fraction of sp³-hybridized carbons (Fsp3) is 0.200. The number of carbonyl (C=O) groups excluding carboxylic acids is 2. The SMILES string of the molecule is Cc1ccc(-n2c(C)cc(C(=O)COC(=O)Cc3c[nH]c4ccccc34)c2C)cc1. The molecule has 0 bridgehead atoms. The number of nitrogens with zero attached hydrogens (tertiary/aromatic N) is 1. The summed E-state index contributed by atoms with van der Waals surface area (Å²) in [5.41, 5.74) is 6.40. The number of esters is 1. The highest BCUT2D eigenvalue weighted by atomic mass is 16.5. The van der Waals surface area contributed by atoms with Crippen LogP contribution in [0.25, 0.3) is 16.6 Å². The van der Waals surface area contributed by atoms with Crippen molar-refractivity contribution in [3.8, 4) is 5.69 Å². The van der Waals surface area contributed by atoms with Gasteiger partial charge in [0.1, 0.15) is 0 Å². The van der Waals surface area contributed by atoms with Crippen molar-refractivity contribution < 1.29 is 14.3 Å². The summed E-state index contributed by atoms with van der Waals surface area (Å²) < 4.78 is 7.34. The topological polar surface area (TPSA) is 64.1 Å². The molecule has 2 aromatic heterocycles. The van der Waals surface area contributed by atoms with Gasteiger partial charge in [-0.2, -0.15) is 0 Å². The van der Waals surface area contributed by atoms with Gasteiger partial charge in [-0.1, -0.05) is 35.9 Å². The fourth-order valence-electron chi connectivity index (χ4n) is 3.84. The lowest BCUT2D eigenvalue weighted by Crippen LogP contribution is -2.16. The Bertz CT molecular complexity index is 1230. The molecule has 5 nitrogen and oxygen atoms in total. The molecule has 0 aliphatic heterocycles. The number of benzene rings is 2. The molecule has 4 rings (SSSR count). The molecule has 2 heterocycles. The molecule has 0 aliphatic carbocycles. The van der Waals surface area contributed by atoms with Crippen molar-refractivity contribution >= 4 is 22.7 Å². The fourth-order valence-corrected chi connectivity index (χ4v) is 3.84. The van der Waals surface area contributed by atoms with E-state index in [-0.39, 0.29) is 18.8 Å². The first kappa shape index (κ1) is 19.7. The number of H-pyrrole nitrogens is 1. The van der Waals surface area contributed by atoms with Crippen molar-refractivity contribution in [3.63, 3.8) is 0 Å². The number of fused-ring (bicyclic) bond motifs is 1. The van der Waals surface area contributed by atoms with Gasteiger partial charge in [0.15, 0.2) is 6.61 Å². The third-order valence-corrected chi connectivity index (χ3v) is 5.40. The highest BCUT2D eigenvalue weighted by Crippen LogP contribution is 2.22. The Hall–Kier alpha value is -3.60. The maximum Gasteiger partial charge on any atom is 0.310 e. The Morgan fingerprint density at radius 2 is 1.73 bits per heavy atom. The Kier molecular flexibility index (Phi) is 5.27. The highest BCUT2D eigenvalue weighted by molar-refractivity contribution is 5.99. The van der Waals surface area contributed by atoms with E-state index >= 15 is 0 Å². The normalized spacial score (nSPS) is 11.0. The molecule has 0 atom stereocenters. The number of ether oxygens (including phenoxy) is 1. The molecule has 1 N–H and O–H groups in total. The third-order valence-electron chi connectivity index (χ3n) is 5.40. The molecule has 0 unspecified atom stereocenters. The average molecular weight is 400 g/mol. The van der Waals surface area contributed by atoms with Crippen LogP contribution in [0.15, 0.2) is 60.8 Å². The van der Waals surface area contributed by atoms with E-state index in [9.17, 15) is 9.59 Å². The minimum absolute atomic E-state index is 0.125. The van der Waals surface area contributed by atoms with Crippen molar-refractivity contribution in [1.29, 1.82) is 0 Å². The van der Waals surface area contributed by atoms with Gasteiger partial charge in [-0.15, -0.1) is 0 Å². The number of ketones is 1. The minimum Gasteiger partial charge on any atom is -0.457 e. The Balaban J connectivity index is 1.44. The Labute approximate surface area is 175 Å². The van der Waals surface area contributed by atoms with Crippen molar-refractivity contribution in [3.05, 3.63) is 88.9 Å². The van der Waals surface area contributed by atoms with Gasteiger partial charge in [0, 0.05) is 39.7 Å². The predicted octanol–water partition coefficient (Wildman–Crippen LogP) is 4.85. The first-order chi connectivity index (χ1) is 14.4. The van der Waals surface area contributed by atoms with Crippen LogP contribution in [0.1, 0.15) is 32.9 Å². The van der Waals surface area contributed by atoms with Gasteiger partial charge in [-0.3, -0.25) is 9.59 Å². The highest BCUT2D eigenvalue weighted by Gasteiger charge is 2.18. The molecule has 0 fully saturated rings. The van der Waals surface area contributed by atoms with Crippen LogP contribution in [-0.2, 0) is 16.0 Å². The number of aromatic nitrogens is 2. The summed E-state index contributed by atoms with van der Waals surface area (Å²) >= 11 is 0. The minimum atomic E-state index is -0.416. The zero-order valence-corrected chi connectivity index (χ0v) is 17.4. The van der Waals surface area contributed by atoms with Gasteiger partial charge < -0.3 is 14.3 Å². The lowest BCUT2D eigenvalue weighted by Gasteiger charge is -2.10. The number of hydrogen-bond acceptors (Lipinski definition) is 3. The van der Waals surface area contributed by atoms with E-state index in [1.165, 1.54) is 5.56 Å². The molecule has 0 saturated carbocycles. The number of nitrogens with one attached hydrogen (secondary N) is 1. The van der Waals surface area contributed by atoms with Crippen LogP contribution >= 0.6 is 0 Å². The zero-order valence-electron chi connectivity index (χ0n) is 17.4. The van der Waals surface area contributed by atoms with Gasteiger partial charge in [0.05, 0.1) is 6.42 Å². The molecule has 0 radical (unpaired) electrons. The number of hydrogen-bond donors (Lipinski definition) is 1. The maximum atomic E-state index is 12.7. The van der Waals surface area contributed by atoms with Crippen LogP contribution in [0, 0.1) is 20.8 Å². The molecule has 30 heavy (non-hydrogen) atoms. The Morgan fingerprint density at radius 3 is 2.50 bits per heavy atom. The number of aromatic amines is 1. The van der Waals surface area contributed by atoms with Crippen LogP contribution in [0.5, 0.6) is 0 Å². The van der Waals surface area contributed by atoms with Crippen LogP contribution in [0.2, 0.25) is 0 Å². The summed E-state index contributed by atoms with van der Waals surface area (Å²) in [6.45, 7) is 5.65. The van der Waals surface area contributed by atoms with Crippen molar-refractivity contribution in [2.75, 3.05) is 6.61 Å². The number of carbonyl (C=O) groups is 2. The first-order valence-corrected chi connectivity index (χ1v) is 9.94. The molecule has 0 amide bonds. The summed E-state index contributed by atoms with van der Waals surface area (Å²) in [7, 11) is 0. The van der Waals surface area contributed by atoms with E-state index in [0.717, 1.165) is 33.5 Å². The molecule has 0 aliphatic rings. The number of aryl methyl sites for hydroxylation is 2. The summed E-state index contributed by atoms with van der Waals surface area (Å²) in [5.74, 6) is -0.616. The lowest BCUT2D eigenvalue weighted by atomic mass is 10.1. The van der Waals surface area contributed by atoms with E-state index in [1.54, 1.807) is 0 Å². The second-order valence-corrected chi connectivity index (χ2v) is 7.58. The van der Waals surface area contributed by atoms with Crippen molar-refractivity contribution in [2.24, 2.45) is 0 Å². The number of para-hydroxylation sites is 1. The monoisotopic (exact) mass is 400 g/mol. The molecule has 0 spiro atoms. The number of rotatable bonds is 6. The molecular formula is C25H24N2O3. The van der Waals surface area contributed by atoms with Crippen LogP contribution in [0.4, 0.5) is 0 Å². The van der Waals surface area contributed by atoms with E-state index in [2.05, 4.69) is 4.98 Å². The van der Waals surface area contributed by atoms with E-state index in [4.69, 9.17) is 4.74 Å². The lowest BCUT2D eigenvalue weighted by molar-refractivity contribution is -0.141. The van der Waals surface area contributed by atoms with E-state index in [0.29, 0.717) is 5.56 Å². The first-order valence-electron chi connectivity index (χ1n) is 9.94. The van der Waals surface area contributed by atoms with Crippen molar-refractivity contribution in [2.45, 2.75) is 27.2 Å². The van der Waals surface area contributed by atoms with Gasteiger partial charge in [-0.05, 0) is 50.6 Å². The van der Waals surface area contributed by atoms with Crippen LogP contribution in [0.3, 0.4) is 0 Å². The second-order valence-electron chi connectivity index (χ2n) is 7.58. The molecule has 152 valence electrons. The smallest absolute Gasteiger partial charge is 0.310 e. The average Bonchev–Trinajstić information content (AvgIpc) is 3.27. The van der Waals surface area contributed by atoms with E-state index < -0.39 is 5.97 Å². The molecule has 5 heteroatoms. The Morgan fingerprint density at radius 1 is 1.00 bits per heavy atom. The van der Waals surface area contributed by atoms with Gasteiger partial charge in [0.25, 0.3) is 0 Å². The maximum absolute atomic E-state index is 12.7. The van der Waals surface area contributed by atoms with Crippen LogP contribution < -0.4 is 0 Å². The van der Waals surface area contributed by atoms with Crippen molar-refractivity contribution in [1.82, 2.24) is 9.55 Å². The predicted molar refractivity (Wildman–Crippen MR) is 117 cm³/mol. The summed E-state index contributed by atoms with van der Waals surface area (Å²) in [5, 5.41) is 0.988. The summed E-state index contributed by atoms with van der Waals surface area (Å²) in [6.07, 6.45) is 1.93. The quantitative estimate of drug-likeness (QED) is 0.372. The largest absolute Gasteiger partial charge is 0.457 e. The van der Waals surface area contributed by atoms with Gasteiger partial charge in [-0.25, -0.2) is 0 Å². The van der Waals surface area contributed by atoms with Crippen LogP contribution in [-0.4, -0.2) is 27.9 Å². The summed E-state index contributed by atoms with van der Waals surface area (Å²) in [6, 6.07) is 17.8. The third kappa shape index (κ3) is 3.79. The summed E-state index contributed by atoms with van der Waals surface area (Å²) in [4.78, 5) is 28.2. The van der Waals surface area contributed by atoms with Gasteiger partial charge in [0.2, 0.25) is 5.78 Å². The zero-order chi connectivity index (χ0) is 21.3. The van der Waals surface area contributed by atoms with E-state index in [1.807, 2.05) is 86.1 Å². The molecule has 0 saturated heterocycles. The van der Waals surface area contributed by atoms with Gasteiger partial charge >= 0.3 is 5.97 Å². The number of Topliss-reactive ketones (excluding diaryl/α,β-unsaturated/α-hetero) is 1. The molecule has 4 aromatic rings. The standard InChI is InChI=1S/C25H24N2O3/c1-16-8-10-20(11-9-16)27-17(2)12-22(18(27)3)24(28)15-30-25(29)13-19-14-26-23-7-5-4-6-21(19)23/h4-12,14,26H,13,15H2,1-3H3. The second kappa shape index (κ2) is 8.03. The molecular weight excluding hydrogens is 376 g/mol.